The largest absolute Gasteiger partial charge is 0.462 e. The summed E-state index contributed by atoms with van der Waals surface area (Å²) in [5, 5.41) is 0. The van der Waals surface area contributed by atoms with Crippen molar-refractivity contribution >= 4 is 17.9 Å². The van der Waals surface area contributed by atoms with Gasteiger partial charge in [0.15, 0.2) is 6.10 Å². The van der Waals surface area contributed by atoms with Gasteiger partial charge in [0.1, 0.15) is 13.2 Å². The van der Waals surface area contributed by atoms with E-state index in [1.807, 2.05) is 0 Å². The summed E-state index contributed by atoms with van der Waals surface area (Å²) in [4.78, 5) is 37.9. The van der Waals surface area contributed by atoms with Crippen LogP contribution >= 0.6 is 0 Å². The lowest BCUT2D eigenvalue weighted by atomic mass is 10.1. The SMILES string of the molecule is CC/C=C\C/C=C\CCCCCCCC(=O)OCC(COC(=O)CCC/C=C\C/C=C\C/C=C\CCCCCCCC)OC(=O)CCC/C=C\C/C=C\C/C=C\CCCCCCCC. The maximum atomic E-state index is 12.8. The van der Waals surface area contributed by atoms with E-state index < -0.39 is 6.10 Å². The van der Waals surface area contributed by atoms with Crippen molar-refractivity contribution in [1.29, 1.82) is 0 Å². The first-order valence-electron chi connectivity index (χ1n) is 26.2. The van der Waals surface area contributed by atoms with Gasteiger partial charge in [0.05, 0.1) is 0 Å². The second-order valence-corrected chi connectivity index (χ2v) is 17.0. The van der Waals surface area contributed by atoms with Gasteiger partial charge in [0.25, 0.3) is 0 Å². The van der Waals surface area contributed by atoms with Gasteiger partial charge in [-0.3, -0.25) is 14.4 Å². The van der Waals surface area contributed by atoms with Crippen molar-refractivity contribution < 1.29 is 28.6 Å². The van der Waals surface area contributed by atoms with Gasteiger partial charge in [-0.2, -0.15) is 0 Å². The molecule has 6 nitrogen and oxygen atoms in total. The Labute approximate surface area is 394 Å². The molecule has 0 amide bonds. The Morgan fingerprint density at radius 2 is 0.625 bits per heavy atom. The molecule has 0 aliphatic heterocycles. The van der Waals surface area contributed by atoms with Crippen LogP contribution < -0.4 is 0 Å². The fourth-order valence-corrected chi connectivity index (χ4v) is 6.86. The van der Waals surface area contributed by atoms with Crippen molar-refractivity contribution in [2.45, 2.75) is 239 Å². The molecule has 0 aromatic carbocycles. The van der Waals surface area contributed by atoms with Gasteiger partial charge in [-0.05, 0) is 109 Å². The van der Waals surface area contributed by atoms with Gasteiger partial charge in [0, 0.05) is 19.3 Å². The van der Waals surface area contributed by atoms with E-state index in [4.69, 9.17) is 14.2 Å². The van der Waals surface area contributed by atoms with Crippen molar-refractivity contribution in [1.82, 2.24) is 0 Å². The van der Waals surface area contributed by atoms with Gasteiger partial charge < -0.3 is 14.2 Å². The molecule has 0 N–H and O–H groups in total. The fourth-order valence-electron chi connectivity index (χ4n) is 6.86. The lowest BCUT2D eigenvalue weighted by molar-refractivity contribution is -0.167. The number of carbonyl (C=O) groups excluding carboxylic acids is 3. The highest BCUT2D eigenvalue weighted by atomic mass is 16.6. The van der Waals surface area contributed by atoms with Crippen molar-refractivity contribution in [3.05, 3.63) is 97.2 Å². The number of hydrogen-bond donors (Lipinski definition) is 0. The lowest BCUT2D eigenvalue weighted by Crippen LogP contribution is -2.30. The average Bonchev–Trinajstić information content (AvgIpc) is 3.29. The molecule has 0 saturated carbocycles. The molecular formula is C58H96O6. The standard InChI is InChI=1S/C58H96O6/c1-4-7-10-13-16-19-22-25-27-29-31-33-36-39-42-45-48-51-57(60)63-54-55(53-62-56(59)50-47-44-41-38-35-24-21-18-15-12-9-6-3)64-58(61)52-49-46-43-40-37-34-32-30-28-26-23-20-17-14-11-8-5-2/h9,12,18,21,25-28,31-34,39-40,42-43,55H,4-8,10-11,13-17,19-20,22-24,29-30,35-38,41,44-54H2,1-3H3/b12-9-,21-18-,27-25-,28-26-,33-31-,34-32-,42-39-,43-40-. The Morgan fingerprint density at radius 1 is 0.328 bits per heavy atom. The lowest BCUT2D eigenvalue weighted by Gasteiger charge is -2.18. The van der Waals surface area contributed by atoms with Crippen molar-refractivity contribution in [2.24, 2.45) is 0 Å². The first kappa shape index (κ1) is 60.3. The monoisotopic (exact) mass is 889 g/mol. The Morgan fingerprint density at radius 3 is 1.02 bits per heavy atom. The van der Waals surface area contributed by atoms with Crippen molar-refractivity contribution in [2.75, 3.05) is 13.2 Å². The quantitative estimate of drug-likeness (QED) is 0.0262. The number of esters is 3. The van der Waals surface area contributed by atoms with Gasteiger partial charge in [-0.25, -0.2) is 0 Å². The van der Waals surface area contributed by atoms with E-state index in [1.54, 1.807) is 0 Å². The van der Waals surface area contributed by atoms with E-state index in [-0.39, 0.29) is 44.0 Å². The number of rotatable bonds is 46. The van der Waals surface area contributed by atoms with Gasteiger partial charge in [0.2, 0.25) is 0 Å². The fraction of sp³-hybridized carbons (Fsp3) is 0.672. The molecule has 1 unspecified atom stereocenters. The summed E-state index contributed by atoms with van der Waals surface area (Å²) in [7, 11) is 0. The third-order valence-corrected chi connectivity index (χ3v) is 10.8. The molecule has 364 valence electrons. The molecule has 0 rings (SSSR count). The first-order valence-corrected chi connectivity index (χ1v) is 26.2. The highest BCUT2D eigenvalue weighted by Crippen LogP contribution is 2.12. The number of hydrogen-bond acceptors (Lipinski definition) is 6. The van der Waals surface area contributed by atoms with Crippen LogP contribution in [0.15, 0.2) is 97.2 Å². The zero-order chi connectivity index (χ0) is 46.5. The van der Waals surface area contributed by atoms with Gasteiger partial charge in [-0.15, -0.1) is 0 Å². The van der Waals surface area contributed by atoms with Crippen LogP contribution in [0.4, 0.5) is 0 Å². The molecule has 0 bridgehead atoms. The summed E-state index contributed by atoms with van der Waals surface area (Å²) in [6.45, 7) is 6.41. The number of ether oxygens (including phenoxy) is 3. The zero-order valence-corrected chi connectivity index (χ0v) is 41.5. The molecule has 0 spiro atoms. The van der Waals surface area contributed by atoms with E-state index in [0.717, 1.165) is 89.9 Å². The van der Waals surface area contributed by atoms with Crippen LogP contribution in [0.2, 0.25) is 0 Å². The van der Waals surface area contributed by atoms with Crippen LogP contribution in [0.1, 0.15) is 233 Å². The first-order chi connectivity index (χ1) is 31.5. The Balaban J connectivity index is 4.56. The smallest absolute Gasteiger partial charge is 0.306 e. The summed E-state index contributed by atoms with van der Waals surface area (Å²) in [6, 6.07) is 0. The van der Waals surface area contributed by atoms with E-state index >= 15 is 0 Å². The normalized spacial score (nSPS) is 12.9. The predicted octanol–water partition coefficient (Wildman–Crippen LogP) is 17.4. The molecule has 0 fully saturated rings. The minimum absolute atomic E-state index is 0.122. The highest BCUT2D eigenvalue weighted by molar-refractivity contribution is 5.71. The van der Waals surface area contributed by atoms with E-state index in [9.17, 15) is 14.4 Å². The van der Waals surface area contributed by atoms with Crippen molar-refractivity contribution in [3.8, 4) is 0 Å². The van der Waals surface area contributed by atoms with Crippen molar-refractivity contribution in [3.63, 3.8) is 0 Å². The van der Waals surface area contributed by atoms with Crippen LogP contribution in [0.5, 0.6) is 0 Å². The summed E-state index contributed by atoms with van der Waals surface area (Å²) >= 11 is 0. The maximum absolute atomic E-state index is 12.8. The minimum Gasteiger partial charge on any atom is -0.462 e. The molecule has 0 radical (unpaired) electrons. The second kappa shape index (κ2) is 52.0. The molecule has 0 aliphatic rings. The summed E-state index contributed by atoms with van der Waals surface area (Å²) in [5.41, 5.74) is 0. The van der Waals surface area contributed by atoms with Crippen LogP contribution in [-0.4, -0.2) is 37.2 Å². The molecule has 64 heavy (non-hydrogen) atoms. The molecule has 6 heteroatoms. The number of carbonyl (C=O) groups is 3. The highest BCUT2D eigenvalue weighted by Gasteiger charge is 2.19. The van der Waals surface area contributed by atoms with Crippen LogP contribution in [0.3, 0.4) is 0 Å². The zero-order valence-electron chi connectivity index (χ0n) is 41.5. The van der Waals surface area contributed by atoms with Crippen LogP contribution in [-0.2, 0) is 28.6 Å². The van der Waals surface area contributed by atoms with E-state index in [2.05, 4.69) is 118 Å². The Kier molecular flexibility index (Phi) is 49.0. The third-order valence-electron chi connectivity index (χ3n) is 10.8. The molecule has 0 heterocycles. The molecule has 0 aromatic rings. The molecular weight excluding hydrogens is 793 g/mol. The summed E-state index contributed by atoms with van der Waals surface area (Å²) in [5.74, 6) is -1.05. The average molecular weight is 889 g/mol. The topological polar surface area (TPSA) is 78.9 Å². The maximum Gasteiger partial charge on any atom is 0.306 e. The Hall–Kier alpha value is -3.67. The second-order valence-electron chi connectivity index (χ2n) is 17.0. The minimum atomic E-state index is -0.830. The van der Waals surface area contributed by atoms with E-state index in [1.165, 1.54) is 89.9 Å². The van der Waals surface area contributed by atoms with E-state index in [0.29, 0.717) is 19.3 Å². The molecule has 0 aliphatic carbocycles. The molecule has 0 saturated heterocycles. The summed E-state index contributed by atoms with van der Waals surface area (Å²) in [6.07, 6.45) is 68.4. The number of unbranched alkanes of at least 4 members (excludes halogenated alkanes) is 19. The van der Waals surface area contributed by atoms with Crippen LogP contribution in [0, 0.1) is 0 Å². The molecule has 1 atom stereocenters. The van der Waals surface area contributed by atoms with Gasteiger partial charge in [-0.1, -0.05) is 201 Å². The van der Waals surface area contributed by atoms with Crippen LogP contribution in [0.25, 0.3) is 0 Å². The summed E-state index contributed by atoms with van der Waals surface area (Å²) < 4.78 is 16.7. The molecule has 0 aromatic heterocycles. The third kappa shape index (κ3) is 49.3. The Bertz CT molecular complexity index is 1300. The predicted molar refractivity (Wildman–Crippen MR) is 274 cm³/mol. The number of allylic oxidation sites excluding steroid dienone is 16. The van der Waals surface area contributed by atoms with Gasteiger partial charge >= 0.3 is 17.9 Å².